The molecule has 6 nitrogen and oxygen atoms in total. The van der Waals surface area contributed by atoms with Crippen molar-refractivity contribution >= 4 is 44.2 Å². The first kappa shape index (κ1) is 24.7. The van der Waals surface area contributed by atoms with Crippen LogP contribution in [-0.4, -0.2) is 37.0 Å². The van der Waals surface area contributed by atoms with Gasteiger partial charge in [-0.15, -0.1) is 0 Å². The van der Waals surface area contributed by atoms with Crippen molar-refractivity contribution in [1.29, 1.82) is 0 Å². The number of thiazole rings is 1. The quantitative estimate of drug-likeness (QED) is 0.252. The molecule has 9 heteroatoms. The van der Waals surface area contributed by atoms with E-state index >= 15 is 4.39 Å². The molecule has 0 aliphatic heterocycles. The number of nitrogens with one attached hydrogen (secondary N) is 1. The van der Waals surface area contributed by atoms with Gasteiger partial charge in [-0.05, 0) is 66.2 Å². The molecule has 6 rings (SSSR count). The van der Waals surface area contributed by atoms with Crippen molar-refractivity contribution in [3.8, 4) is 33.0 Å². The number of fused-ring (bicyclic) bond motifs is 2. The van der Waals surface area contributed by atoms with Crippen LogP contribution in [0.3, 0.4) is 0 Å². The molecule has 0 saturated carbocycles. The van der Waals surface area contributed by atoms with Gasteiger partial charge in [-0.1, -0.05) is 11.3 Å². The summed E-state index contributed by atoms with van der Waals surface area (Å²) in [5.74, 6) is -0.823. The van der Waals surface area contributed by atoms with E-state index < -0.39 is 5.82 Å². The number of carbonyl (C=O) groups is 1. The third kappa shape index (κ3) is 4.40. The number of rotatable bonds is 5. The van der Waals surface area contributed by atoms with Gasteiger partial charge in [0, 0.05) is 61.2 Å². The van der Waals surface area contributed by atoms with E-state index in [2.05, 4.69) is 15.3 Å². The van der Waals surface area contributed by atoms with Gasteiger partial charge in [0.2, 0.25) is 0 Å². The smallest absolute Gasteiger partial charge is 0.255 e. The van der Waals surface area contributed by atoms with Crippen molar-refractivity contribution < 1.29 is 18.0 Å². The highest BCUT2D eigenvalue weighted by atomic mass is 32.1. The summed E-state index contributed by atoms with van der Waals surface area (Å²) in [6.07, 6.45) is 1.70. The van der Waals surface area contributed by atoms with E-state index in [4.69, 9.17) is 4.42 Å². The Kier molecular flexibility index (Phi) is 6.07. The molecule has 3 aromatic carbocycles. The average molecular weight is 541 g/mol. The molecule has 0 saturated heterocycles. The molecule has 0 bridgehead atoms. The predicted molar refractivity (Wildman–Crippen MR) is 151 cm³/mol. The summed E-state index contributed by atoms with van der Waals surface area (Å²) in [7, 11) is 5.30. The first-order valence-electron chi connectivity index (χ1n) is 12.1. The van der Waals surface area contributed by atoms with Crippen LogP contribution in [-0.2, 0) is 0 Å². The van der Waals surface area contributed by atoms with Crippen molar-refractivity contribution in [3.63, 3.8) is 0 Å². The zero-order chi connectivity index (χ0) is 27.3. The van der Waals surface area contributed by atoms with Crippen LogP contribution >= 0.6 is 11.3 Å². The maximum Gasteiger partial charge on any atom is 0.255 e. The Labute approximate surface area is 226 Å². The highest BCUT2D eigenvalue weighted by molar-refractivity contribution is 7.21. The summed E-state index contributed by atoms with van der Waals surface area (Å²) in [5.41, 5.74) is 4.85. The molecule has 0 aliphatic carbocycles. The Morgan fingerprint density at radius 1 is 0.949 bits per heavy atom. The summed E-state index contributed by atoms with van der Waals surface area (Å²) in [4.78, 5) is 24.7. The maximum absolute atomic E-state index is 15.1. The summed E-state index contributed by atoms with van der Waals surface area (Å²) in [6.45, 7) is 0. The molecule has 0 unspecified atom stereocenters. The largest absolute Gasteiger partial charge is 0.455 e. The average Bonchev–Trinajstić information content (AvgIpc) is 3.53. The predicted octanol–water partition coefficient (Wildman–Crippen LogP) is 7.14. The highest BCUT2D eigenvalue weighted by Gasteiger charge is 2.24. The topological polar surface area (TPSA) is 71.3 Å². The molecule has 39 heavy (non-hydrogen) atoms. The summed E-state index contributed by atoms with van der Waals surface area (Å²) < 4.78 is 34.8. The van der Waals surface area contributed by atoms with E-state index in [-0.39, 0.29) is 11.7 Å². The van der Waals surface area contributed by atoms with Gasteiger partial charge in [0.05, 0.1) is 5.56 Å². The Morgan fingerprint density at radius 3 is 2.44 bits per heavy atom. The van der Waals surface area contributed by atoms with Gasteiger partial charge in [-0.2, -0.15) is 0 Å². The Balaban J connectivity index is 1.58. The fraction of sp³-hybridized carbons (Fsp3) is 0.100. The Morgan fingerprint density at radius 2 is 1.72 bits per heavy atom. The van der Waals surface area contributed by atoms with Crippen LogP contribution in [0.2, 0.25) is 0 Å². The molecule has 3 heterocycles. The zero-order valence-electron chi connectivity index (χ0n) is 21.3. The lowest BCUT2D eigenvalue weighted by atomic mass is 9.97. The second kappa shape index (κ2) is 9.59. The molecular weight excluding hydrogens is 518 g/mol. The van der Waals surface area contributed by atoms with Crippen LogP contribution in [0.15, 0.2) is 77.3 Å². The number of aromatic nitrogens is 2. The molecule has 0 fully saturated rings. The van der Waals surface area contributed by atoms with E-state index in [1.165, 1.54) is 42.6 Å². The third-order valence-electron chi connectivity index (χ3n) is 6.47. The molecule has 6 aromatic rings. The third-order valence-corrected chi connectivity index (χ3v) is 7.50. The van der Waals surface area contributed by atoms with Crippen LogP contribution in [0.5, 0.6) is 0 Å². The number of nitrogens with zero attached hydrogens (tertiary/aromatic N) is 3. The van der Waals surface area contributed by atoms with Crippen molar-refractivity contribution in [2.75, 3.05) is 26.0 Å². The van der Waals surface area contributed by atoms with Gasteiger partial charge < -0.3 is 14.6 Å². The van der Waals surface area contributed by atoms with Crippen molar-refractivity contribution in [1.82, 2.24) is 15.3 Å². The number of carbonyl (C=O) groups excluding carboxylic acids is 1. The minimum Gasteiger partial charge on any atom is -0.455 e. The molecule has 3 aromatic heterocycles. The zero-order valence-corrected chi connectivity index (χ0v) is 22.1. The molecule has 0 atom stereocenters. The first-order chi connectivity index (χ1) is 18.8. The van der Waals surface area contributed by atoms with Gasteiger partial charge in [0.25, 0.3) is 5.91 Å². The summed E-state index contributed by atoms with van der Waals surface area (Å²) in [6, 6.07) is 17.9. The molecule has 0 radical (unpaired) electrons. The molecule has 1 amide bonds. The van der Waals surface area contributed by atoms with Crippen LogP contribution in [0.1, 0.15) is 10.4 Å². The second-order valence-corrected chi connectivity index (χ2v) is 10.2. The minimum absolute atomic E-state index is 0.319. The van der Waals surface area contributed by atoms with E-state index in [0.717, 1.165) is 16.0 Å². The van der Waals surface area contributed by atoms with Gasteiger partial charge in [-0.3, -0.25) is 4.79 Å². The summed E-state index contributed by atoms with van der Waals surface area (Å²) in [5, 5.41) is 3.89. The van der Waals surface area contributed by atoms with Crippen LogP contribution in [0, 0.1) is 11.6 Å². The number of amides is 1. The fourth-order valence-corrected chi connectivity index (χ4v) is 5.54. The van der Waals surface area contributed by atoms with Crippen molar-refractivity contribution in [3.05, 3.63) is 90.1 Å². The number of hydrogen-bond donors (Lipinski definition) is 1. The van der Waals surface area contributed by atoms with E-state index in [0.29, 0.717) is 49.6 Å². The van der Waals surface area contributed by atoms with Crippen LogP contribution in [0.25, 0.3) is 54.3 Å². The van der Waals surface area contributed by atoms with Gasteiger partial charge in [0.1, 0.15) is 38.3 Å². The van der Waals surface area contributed by atoms with Crippen molar-refractivity contribution in [2.45, 2.75) is 0 Å². The van der Waals surface area contributed by atoms with E-state index in [1.807, 2.05) is 49.3 Å². The number of furan rings is 1. The SMILES string of the molecule is CNC(=O)c1c(-c2ccc(F)cc2)oc2cc(N(C)C)c(-c3cc(F)cc(-c4nc5cccnc5s4)c3)cc12. The monoisotopic (exact) mass is 540 g/mol. The lowest BCUT2D eigenvalue weighted by Gasteiger charge is -2.18. The molecule has 194 valence electrons. The van der Waals surface area contributed by atoms with Gasteiger partial charge in [0.15, 0.2) is 0 Å². The fourth-order valence-electron chi connectivity index (χ4n) is 4.65. The number of hydrogen-bond acceptors (Lipinski definition) is 6. The Bertz CT molecular complexity index is 1840. The number of halogens is 2. The minimum atomic E-state index is -0.412. The van der Waals surface area contributed by atoms with E-state index in [1.54, 1.807) is 18.3 Å². The van der Waals surface area contributed by atoms with Gasteiger partial charge >= 0.3 is 0 Å². The standard InChI is InChI=1S/C30H22F2N4O2S/c1-33-28(37)26-22-14-21(24(36(2)3)15-25(22)38-27(26)16-6-8-19(31)9-7-16)17-11-18(13-20(32)12-17)29-35-23-5-4-10-34-30(23)39-29/h4-15H,1-3H3,(H,33,37). The molecule has 1 N–H and O–H groups in total. The Hall–Kier alpha value is -4.63. The first-order valence-corrected chi connectivity index (χ1v) is 12.9. The van der Waals surface area contributed by atoms with Crippen molar-refractivity contribution in [2.24, 2.45) is 0 Å². The molecule has 0 spiro atoms. The summed E-state index contributed by atoms with van der Waals surface area (Å²) >= 11 is 1.39. The number of benzene rings is 3. The lowest BCUT2D eigenvalue weighted by molar-refractivity contribution is 0.0964. The van der Waals surface area contributed by atoms with Gasteiger partial charge in [-0.25, -0.2) is 18.7 Å². The number of pyridine rings is 1. The maximum atomic E-state index is 15.1. The molecule has 0 aliphatic rings. The number of anilines is 1. The highest BCUT2D eigenvalue weighted by Crippen LogP contribution is 2.42. The van der Waals surface area contributed by atoms with Crippen LogP contribution < -0.4 is 10.2 Å². The van der Waals surface area contributed by atoms with E-state index in [9.17, 15) is 9.18 Å². The molecular formula is C30H22F2N4O2S. The van der Waals surface area contributed by atoms with Crippen LogP contribution in [0.4, 0.5) is 14.5 Å². The second-order valence-electron chi connectivity index (χ2n) is 9.23. The lowest BCUT2D eigenvalue weighted by Crippen LogP contribution is -2.18. The normalized spacial score (nSPS) is 11.3.